The molecule has 5 atom stereocenters. The van der Waals surface area contributed by atoms with Crippen LogP contribution in [0.2, 0.25) is 0 Å². The van der Waals surface area contributed by atoms with Crippen LogP contribution in [-0.2, 0) is 28.5 Å². The maximum Gasteiger partial charge on any atom is 0.285 e. The topological polar surface area (TPSA) is 92.8 Å². The van der Waals surface area contributed by atoms with Gasteiger partial charge in [-0.05, 0) is 39.8 Å². The van der Waals surface area contributed by atoms with E-state index in [0.717, 1.165) is 5.06 Å². The molecule has 0 spiro atoms. The van der Waals surface area contributed by atoms with Crippen LogP contribution in [0.1, 0.15) is 48.4 Å². The van der Waals surface area contributed by atoms with Gasteiger partial charge in [-0.3, -0.25) is 14.4 Å². The Labute approximate surface area is 167 Å². The fourth-order valence-corrected chi connectivity index (χ4v) is 4.19. The van der Waals surface area contributed by atoms with E-state index in [4.69, 9.17) is 28.5 Å². The average Bonchev–Trinajstić information content (AvgIpc) is 3.32. The number of ether oxygens (including phenoxy) is 5. The molecule has 4 aliphatic heterocycles. The maximum atomic E-state index is 12.8. The Morgan fingerprint density at radius 2 is 1.59 bits per heavy atom. The normalized spacial score (nSPS) is 37.2. The molecule has 0 N–H and O–H groups in total. The smallest absolute Gasteiger partial charge is 0.285 e. The van der Waals surface area contributed by atoms with Crippen LogP contribution in [0.3, 0.4) is 0 Å². The third kappa shape index (κ3) is 3.09. The summed E-state index contributed by atoms with van der Waals surface area (Å²) in [6.45, 7) is 7.42. The molecular weight excluding hydrogens is 382 g/mol. The second-order valence-corrected chi connectivity index (χ2v) is 8.46. The fourth-order valence-electron chi connectivity index (χ4n) is 4.19. The van der Waals surface area contributed by atoms with Crippen molar-refractivity contribution in [3.63, 3.8) is 0 Å². The van der Waals surface area contributed by atoms with Crippen LogP contribution in [0.4, 0.5) is 0 Å². The Kier molecular flexibility index (Phi) is 4.16. The number of hydroxylamine groups is 2. The van der Waals surface area contributed by atoms with Gasteiger partial charge in [0.25, 0.3) is 11.8 Å². The minimum atomic E-state index is -0.879. The number of benzene rings is 1. The molecular formula is C20H23NO8. The zero-order valence-corrected chi connectivity index (χ0v) is 16.6. The van der Waals surface area contributed by atoms with E-state index in [0.29, 0.717) is 11.1 Å². The number of amides is 2. The first-order chi connectivity index (χ1) is 13.7. The van der Waals surface area contributed by atoms with E-state index in [-0.39, 0.29) is 6.61 Å². The molecule has 0 saturated carbocycles. The van der Waals surface area contributed by atoms with Crippen molar-refractivity contribution in [3.8, 4) is 0 Å². The molecule has 4 aliphatic rings. The summed E-state index contributed by atoms with van der Waals surface area (Å²) in [6.07, 6.45) is -3.25. The highest BCUT2D eigenvalue weighted by atomic mass is 16.9. The van der Waals surface area contributed by atoms with Crippen molar-refractivity contribution in [2.24, 2.45) is 0 Å². The second kappa shape index (κ2) is 6.31. The van der Waals surface area contributed by atoms with Crippen LogP contribution in [0.5, 0.6) is 0 Å². The average molecular weight is 405 g/mol. The van der Waals surface area contributed by atoms with Gasteiger partial charge in [-0.15, -0.1) is 5.06 Å². The molecule has 2 amide bonds. The highest BCUT2D eigenvalue weighted by Gasteiger charge is 2.60. The SMILES string of the molecule is CC1(C)OCC([C@H]2O[C@@H]3OC(C)(C)O[C@@H]3[C@H]2ON2C(=O)c3ccccc3C2=O)O1. The molecule has 156 valence electrons. The van der Waals surface area contributed by atoms with Crippen LogP contribution in [0.25, 0.3) is 0 Å². The number of imide groups is 1. The first-order valence-corrected chi connectivity index (χ1v) is 9.63. The fraction of sp³-hybridized carbons (Fsp3) is 0.600. The molecule has 3 fully saturated rings. The lowest BCUT2D eigenvalue weighted by molar-refractivity contribution is -0.252. The van der Waals surface area contributed by atoms with E-state index < -0.39 is 54.1 Å². The summed E-state index contributed by atoms with van der Waals surface area (Å²) in [5, 5.41) is 0.781. The van der Waals surface area contributed by atoms with Crippen molar-refractivity contribution in [1.82, 2.24) is 5.06 Å². The molecule has 1 unspecified atom stereocenters. The van der Waals surface area contributed by atoms with Gasteiger partial charge < -0.3 is 23.7 Å². The van der Waals surface area contributed by atoms with Gasteiger partial charge in [0, 0.05) is 0 Å². The molecule has 4 heterocycles. The number of carbonyl (C=O) groups is 2. The van der Waals surface area contributed by atoms with Gasteiger partial charge in [-0.25, -0.2) is 0 Å². The predicted octanol–water partition coefficient (Wildman–Crippen LogP) is 1.61. The Hall–Kier alpha value is -1.88. The van der Waals surface area contributed by atoms with E-state index in [1.165, 1.54) is 0 Å². The lowest BCUT2D eigenvalue weighted by Crippen LogP contribution is -2.48. The number of hydrogen-bond donors (Lipinski definition) is 0. The van der Waals surface area contributed by atoms with E-state index in [1.54, 1.807) is 52.0 Å². The number of hydrogen-bond acceptors (Lipinski definition) is 8. The molecule has 9 heteroatoms. The molecule has 9 nitrogen and oxygen atoms in total. The Bertz CT molecular complexity index is 833. The van der Waals surface area contributed by atoms with Gasteiger partial charge in [-0.1, -0.05) is 12.1 Å². The number of rotatable bonds is 3. The summed E-state index contributed by atoms with van der Waals surface area (Å²) in [6, 6.07) is 6.60. The molecule has 1 aromatic carbocycles. The van der Waals surface area contributed by atoms with Gasteiger partial charge >= 0.3 is 0 Å². The zero-order chi connectivity index (χ0) is 20.6. The monoisotopic (exact) mass is 405 g/mol. The largest absolute Gasteiger partial charge is 0.348 e. The summed E-state index contributed by atoms with van der Waals surface area (Å²) in [4.78, 5) is 31.5. The molecule has 1 aromatic rings. The van der Waals surface area contributed by atoms with Crippen LogP contribution >= 0.6 is 0 Å². The van der Waals surface area contributed by atoms with Gasteiger partial charge in [0.05, 0.1) is 17.7 Å². The van der Waals surface area contributed by atoms with Crippen LogP contribution in [0.15, 0.2) is 24.3 Å². The number of fused-ring (bicyclic) bond motifs is 2. The molecule has 3 saturated heterocycles. The number of carbonyl (C=O) groups excluding carboxylic acids is 2. The Balaban J connectivity index is 1.42. The third-order valence-corrected chi connectivity index (χ3v) is 5.41. The van der Waals surface area contributed by atoms with Gasteiger partial charge in [0.1, 0.15) is 24.4 Å². The molecule has 0 aromatic heterocycles. The lowest BCUT2D eigenvalue weighted by Gasteiger charge is -2.30. The summed E-state index contributed by atoms with van der Waals surface area (Å²) >= 11 is 0. The standard InChI is InChI=1S/C20H23NO8/c1-19(2)24-9-12(26-19)13-14(15-18(25-13)28-20(3,4)27-15)29-21-16(22)10-7-5-6-8-11(10)17(21)23/h5-8,12-15,18H,9H2,1-4H3/t12?,13-,14+,15-,18-/m1/s1. The Morgan fingerprint density at radius 3 is 2.17 bits per heavy atom. The first-order valence-electron chi connectivity index (χ1n) is 9.63. The van der Waals surface area contributed by atoms with Gasteiger partial charge in [0.2, 0.25) is 0 Å². The second-order valence-electron chi connectivity index (χ2n) is 8.46. The summed E-state index contributed by atoms with van der Waals surface area (Å²) in [5.41, 5.74) is 0.602. The van der Waals surface area contributed by atoms with Crippen molar-refractivity contribution < 1.29 is 38.1 Å². The number of nitrogens with zero attached hydrogens (tertiary/aromatic N) is 1. The van der Waals surface area contributed by atoms with Crippen molar-refractivity contribution in [1.29, 1.82) is 0 Å². The molecule has 0 radical (unpaired) electrons. The minimum absolute atomic E-state index is 0.280. The van der Waals surface area contributed by atoms with E-state index in [1.807, 2.05) is 0 Å². The third-order valence-electron chi connectivity index (χ3n) is 5.41. The van der Waals surface area contributed by atoms with E-state index in [2.05, 4.69) is 0 Å². The first kappa shape index (κ1) is 19.1. The van der Waals surface area contributed by atoms with E-state index >= 15 is 0 Å². The van der Waals surface area contributed by atoms with Crippen LogP contribution < -0.4 is 0 Å². The van der Waals surface area contributed by atoms with Crippen molar-refractivity contribution >= 4 is 11.8 Å². The predicted molar refractivity (Wildman–Crippen MR) is 95.4 cm³/mol. The lowest BCUT2D eigenvalue weighted by atomic mass is 10.1. The Morgan fingerprint density at radius 1 is 0.931 bits per heavy atom. The van der Waals surface area contributed by atoms with Crippen LogP contribution in [-0.4, -0.2) is 65.8 Å². The molecule has 0 bridgehead atoms. The van der Waals surface area contributed by atoms with Crippen molar-refractivity contribution in [2.45, 2.75) is 70.0 Å². The highest BCUT2D eigenvalue weighted by molar-refractivity contribution is 6.20. The summed E-state index contributed by atoms with van der Waals surface area (Å²) in [5.74, 6) is -2.69. The van der Waals surface area contributed by atoms with Crippen molar-refractivity contribution in [3.05, 3.63) is 35.4 Å². The van der Waals surface area contributed by atoms with Gasteiger partial charge in [0.15, 0.2) is 17.9 Å². The van der Waals surface area contributed by atoms with Gasteiger partial charge in [-0.2, -0.15) is 0 Å². The summed E-state index contributed by atoms with van der Waals surface area (Å²) < 4.78 is 29.4. The van der Waals surface area contributed by atoms with Crippen molar-refractivity contribution in [2.75, 3.05) is 6.61 Å². The highest BCUT2D eigenvalue weighted by Crippen LogP contribution is 2.42. The zero-order valence-electron chi connectivity index (χ0n) is 16.6. The maximum absolute atomic E-state index is 12.8. The minimum Gasteiger partial charge on any atom is -0.348 e. The van der Waals surface area contributed by atoms with E-state index in [9.17, 15) is 9.59 Å². The molecule has 29 heavy (non-hydrogen) atoms. The molecule has 0 aliphatic carbocycles. The molecule has 5 rings (SSSR count). The summed E-state index contributed by atoms with van der Waals surface area (Å²) in [7, 11) is 0. The van der Waals surface area contributed by atoms with Crippen LogP contribution in [0, 0.1) is 0 Å². The quantitative estimate of drug-likeness (QED) is 0.701.